The lowest BCUT2D eigenvalue weighted by molar-refractivity contribution is -0.130. The van der Waals surface area contributed by atoms with Gasteiger partial charge in [-0.2, -0.15) is 0 Å². The minimum absolute atomic E-state index is 0.0218. The van der Waals surface area contributed by atoms with Crippen LogP contribution in [0.25, 0.3) is 0 Å². The Labute approximate surface area is 117 Å². The third-order valence-electron chi connectivity index (χ3n) is 3.45. The summed E-state index contributed by atoms with van der Waals surface area (Å²) in [4.78, 5) is 27.3. The van der Waals surface area contributed by atoms with Gasteiger partial charge >= 0.3 is 0 Å². The molecule has 1 aliphatic rings. The second kappa shape index (κ2) is 5.81. The molecule has 0 spiro atoms. The molecular formula is C14H19N3O3. The van der Waals surface area contributed by atoms with Gasteiger partial charge in [-0.05, 0) is 31.0 Å². The zero-order chi connectivity index (χ0) is 14.7. The average molecular weight is 277 g/mol. The van der Waals surface area contributed by atoms with Crippen molar-refractivity contribution in [1.29, 1.82) is 0 Å². The maximum atomic E-state index is 12.2. The van der Waals surface area contributed by atoms with Gasteiger partial charge in [0.2, 0.25) is 5.91 Å². The highest BCUT2D eigenvalue weighted by Crippen LogP contribution is 2.20. The van der Waals surface area contributed by atoms with Crippen molar-refractivity contribution in [3.05, 3.63) is 23.8 Å². The predicted molar refractivity (Wildman–Crippen MR) is 75.3 cm³/mol. The Balaban J connectivity index is 2.04. The number of carbonyl (C=O) groups is 2. The van der Waals surface area contributed by atoms with E-state index in [9.17, 15) is 14.7 Å². The Morgan fingerprint density at radius 2 is 2.00 bits per heavy atom. The van der Waals surface area contributed by atoms with Gasteiger partial charge in [0.15, 0.2) is 0 Å². The van der Waals surface area contributed by atoms with Crippen LogP contribution in [0.4, 0.5) is 5.69 Å². The van der Waals surface area contributed by atoms with Gasteiger partial charge in [0.05, 0.1) is 12.1 Å². The first kappa shape index (κ1) is 14.2. The van der Waals surface area contributed by atoms with E-state index in [0.29, 0.717) is 0 Å². The highest BCUT2D eigenvalue weighted by molar-refractivity contribution is 6.00. The quantitative estimate of drug-likeness (QED) is 0.628. The standard InChI is InChI=1S/C14H19N3O3/c1-16(9-13(19)17-6-2-3-7-17)14(20)11-8-10(18)4-5-12(11)15/h4-5,8,18H,2-3,6-7,9,15H2,1H3. The van der Waals surface area contributed by atoms with Crippen LogP contribution in [0.2, 0.25) is 0 Å². The van der Waals surface area contributed by atoms with Crippen LogP contribution in [-0.4, -0.2) is 53.4 Å². The summed E-state index contributed by atoms with van der Waals surface area (Å²) < 4.78 is 0. The number of benzene rings is 1. The number of nitrogen functional groups attached to an aromatic ring is 1. The van der Waals surface area contributed by atoms with E-state index in [-0.39, 0.29) is 35.4 Å². The van der Waals surface area contributed by atoms with E-state index in [4.69, 9.17) is 5.73 Å². The van der Waals surface area contributed by atoms with Crippen molar-refractivity contribution < 1.29 is 14.7 Å². The van der Waals surface area contributed by atoms with Gasteiger partial charge < -0.3 is 20.6 Å². The van der Waals surface area contributed by atoms with E-state index in [1.807, 2.05) is 0 Å². The van der Waals surface area contributed by atoms with E-state index in [1.165, 1.54) is 23.1 Å². The summed E-state index contributed by atoms with van der Waals surface area (Å²) in [7, 11) is 1.56. The third kappa shape index (κ3) is 3.01. The molecule has 0 atom stereocenters. The van der Waals surface area contributed by atoms with Gasteiger partial charge in [-0.15, -0.1) is 0 Å². The fraction of sp³-hybridized carbons (Fsp3) is 0.429. The summed E-state index contributed by atoms with van der Waals surface area (Å²) >= 11 is 0. The number of hydrogen-bond acceptors (Lipinski definition) is 4. The lowest BCUT2D eigenvalue weighted by Gasteiger charge is -2.22. The van der Waals surface area contributed by atoms with Crippen molar-refractivity contribution in [3.63, 3.8) is 0 Å². The van der Waals surface area contributed by atoms with Crippen LogP contribution in [0.3, 0.4) is 0 Å². The van der Waals surface area contributed by atoms with Gasteiger partial charge in [0.25, 0.3) is 5.91 Å². The van der Waals surface area contributed by atoms with E-state index in [0.717, 1.165) is 25.9 Å². The molecule has 2 rings (SSSR count). The fourth-order valence-corrected chi connectivity index (χ4v) is 2.28. The maximum absolute atomic E-state index is 12.2. The highest BCUT2D eigenvalue weighted by Gasteiger charge is 2.22. The third-order valence-corrected chi connectivity index (χ3v) is 3.45. The second-order valence-corrected chi connectivity index (χ2v) is 5.02. The summed E-state index contributed by atoms with van der Waals surface area (Å²) in [5.41, 5.74) is 6.22. The largest absolute Gasteiger partial charge is 0.508 e. The Morgan fingerprint density at radius 3 is 2.65 bits per heavy atom. The van der Waals surface area contributed by atoms with Crippen LogP contribution >= 0.6 is 0 Å². The summed E-state index contributed by atoms with van der Waals surface area (Å²) in [5.74, 6) is -0.454. The second-order valence-electron chi connectivity index (χ2n) is 5.02. The molecule has 0 bridgehead atoms. The number of anilines is 1. The average Bonchev–Trinajstić information content (AvgIpc) is 2.94. The van der Waals surface area contributed by atoms with Crippen LogP contribution in [0.1, 0.15) is 23.2 Å². The zero-order valence-corrected chi connectivity index (χ0v) is 11.5. The number of nitrogens with two attached hydrogens (primary N) is 1. The van der Waals surface area contributed by atoms with Crippen LogP contribution < -0.4 is 5.73 Å². The molecule has 1 heterocycles. The molecule has 1 fully saturated rings. The number of hydrogen-bond donors (Lipinski definition) is 2. The lowest BCUT2D eigenvalue weighted by Crippen LogP contribution is -2.40. The van der Waals surface area contributed by atoms with Crippen molar-refractivity contribution in [2.45, 2.75) is 12.8 Å². The van der Waals surface area contributed by atoms with Crippen molar-refractivity contribution in [2.24, 2.45) is 0 Å². The van der Waals surface area contributed by atoms with Gasteiger partial charge in [0, 0.05) is 25.8 Å². The minimum atomic E-state index is -0.369. The van der Waals surface area contributed by atoms with Crippen molar-refractivity contribution >= 4 is 17.5 Å². The Hall–Kier alpha value is -2.24. The maximum Gasteiger partial charge on any atom is 0.256 e. The van der Waals surface area contributed by atoms with Crippen molar-refractivity contribution in [1.82, 2.24) is 9.80 Å². The van der Waals surface area contributed by atoms with E-state index in [2.05, 4.69) is 0 Å². The van der Waals surface area contributed by atoms with E-state index in [1.54, 1.807) is 11.9 Å². The van der Waals surface area contributed by atoms with Crippen LogP contribution in [0.5, 0.6) is 5.75 Å². The summed E-state index contributed by atoms with van der Waals surface area (Å²) in [6.45, 7) is 1.54. The molecule has 1 aromatic carbocycles. The molecule has 6 heteroatoms. The fourth-order valence-electron chi connectivity index (χ4n) is 2.28. The molecule has 0 saturated carbocycles. The first-order valence-electron chi connectivity index (χ1n) is 6.61. The number of nitrogens with zero attached hydrogens (tertiary/aromatic N) is 2. The van der Waals surface area contributed by atoms with Gasteiger partial charge in [-0.1, -0.05) is 0 Å². The molecule has 6 nitrogen and oxygen atoms in total. The molecule has 0 aromatic heterocycles. The van der Waals surface area contributed by atoms with Gasteiger partial charge in [0.1, 0.15) is 5.75 Å². The molecule has 0 unspecified atom stereocenters. The summed E-state index contributed by atoms with van der Waals surface area (Å²) in [6, 6.07) is 4.20. The predicted octanol–water partition coefficient (Wildman–Crippen LogP) is 0.669. The number of likely N-dealkylation sites (N-methyl/N-ethyl adjacent to an activating group) is 1. The molecule has 0 aliphatic carbocycles. The Bertz CT molecular complexity index is 524. The normalized spacial score (nSPS) is 14.3. The van der Waals surface area contributed by atoms with Crippen molar-refractivity contribution in [2.75, 3.05) is 32.4 Å². The minimum Gasteiger partial charge on any atom is -0.508 e. The Morgan fingerprint density at radius 1 is 1.35 bits per heavy atom. The Kier molecular flexibility index (Phi) is 4.12. The SMILES string of the molecule is CN(CC(=O)N1CCCC1)C(=O)c1cc(O)ccc1N. The number of phenols is 1. The van der Waals surface area contributed by atoms with Gasteiger partial charge in [-0.3, -0.25) is 9.59 Å². The van der Waals surface area contributed by atoms with E-state index >= 15 is 0 Å². The molecule has 1 aliphatic heterocycles. The van der Waals surface area contributed by atoms with E-state index < -0.39 is 0 Å². The number of amides is 2. The number of rotatable bonds is 3. The smallest absolute Gasteiger partial charge is 0.256 e. The monoisotopic (exact) mass is 277 g/mol. The molecule has 2 amide bonds. The molecule has 0 radical (unpaired) electrons. The molecule has 1 aromatic rings. The molecule has 3 N–H and O–H groups in total. The molecular weight excluding hydrogens is 258 g/mol. The number of aromatic hydroxyl groups is 1. The molecule has 20 heavy (non-hydrogen) atoms. The van der Waals surface area contributed by atoms with Crippen LogP contribution in [-0.2, 0) is 4.79 Å². The topological polar surface area (TPSA) is 86.9 Å². The summed E-state index contributed by atoms with van der Waals surface area (Å²) in [6.07, 6.45) is 2.03. The first-order valence-corrected chi connectivity index (χ1v) is 6.61. The molecule has 1 saturated heterocycles. The first-order chi connectivity index (χ1) is 9.49. The number of phenolic OH excluding ortho intramolecular Hbond substituents is 1. The number of likely N-dealkylation sites (tertiary alicyclic amines) is 1. The number of carbonyl (C=O) groups excluding carboxylic acids is 2. The highest BCUT2D eigenvalue weighted by atomic mass is 16.3. The molecule has 108 valence electrons. The summed E-state index contributed by atoms with van der Waals surface area (Å²) in [5, 5.41) is 9.42. The van der Waals surface area contributed by atoms with Gasteiger partial charge in [-0.25, -0.2) is 0 Å². The van der Waals surface area contributed by atoms with Crippen molar-refractivity contribution in [3.8, 4) is 5.75 Å². The van der Waals surface area contributed by atoms with Crippen LogP contribution in [0, 0.1) is 0 Å². The lowest BCUT2D eigenvalue weighted by atomic mass is 10.1. The van der Waals surface area contributed by atoms with Crippen LogP contribution in [0.15, 0.2) is 18.2 Å². The zero-order valence-electron chi connectivity index (χ0n) is 11.5.